The Morgan fingerprint density at radius 2 is 1.81 bits per heavy atom. The number of halogens is 2. The summed E-state index contributed by atoms with van der Waals surface area (Å²) in [5.74, 6) is -2.75. The summed E-state index contributed by atoms with van der Waals surface area (Å²) < 4.78 is 68.9. The number of nitrogens with one attached hydrogen (secondary N) is 1. The monoisotopic (exact) mass is 684 g/mol. The lowest BCUT2D eigenvalue weighted by Gasteiger charge is -2.25. The van der Waals surface area contributed by atoms with Crippen molar-refractivity contribution in [1.82, 2.24) is 9.62 Å². The fourth-order valence-electron chi connectivity index (χ4n) is 6.02. The van der Waals surface area contributed by atoms with Crippen LogP contribution in [0.4, 0.5) is 13.6 Å². The van der Waals surface area contributed by atoms with Gasteiger partial charge in [0.15, 0.2) is 0 Å². The predicted octanol–water partition coefficient (Wildman–Crippen LogP) is 7.20. The number of ether oxygens (including phenoxy) is 2. The molecule has 1 aliphatic heterocycles. The van der Waals surface area contributed by atoms with Crippen LogP contribution in [0.3, 0.4) is 0 Å². The normalized spacial score (nSPS) is 16.8. The molecule has 2 unspecified atom stereocenters. The number of esters is 1. The highest BCUT2D eigenvalue weighted by atomic mass is 32.2. The first-order valence-electron chi connectivity index (χ1n) is 16.4. The highest BCUT2D eigenvalue weighted by molar-refractivity contribution is 7.89. The minimum Gasteiger partial charge on any atom is -0.466 e. The maximum absolute atomic E-state index is 15.0. The molecule has 1 heterocycles. The van der Waals surface area contributed by atoms with Gasteiger partial charge < -0.3 is 14.8 Å². The standard InChI is InChI=1S/C37H46F2N2O6S/c1-7-46-35(42)21-32(31-14-13-30(38)20-33(31)39)27-12-10-25(3)29(19-27)23-41-22-24(2)17-28-18-26(11-15-34(28)48(41,44)45)9-8-16-40-36(43)47-37(4,5)6/h10-15,18-20,24,32H,7-9,16-17,21-23H2,1-6H3,(H,40,43). The van der Waals surface area contributed by atoms with Gasteiger partial charge in [0, 0.05) is 31.6 Å². The van der Waals surface area contributed by atoms with Crippen molar-refractivity contribution in [1.29, 1.82) is 0 Å². The van der Waals surface area contributed by atoms with E-state index in [-0.39, 0.29) is 35.9 Å². The smallest absolute Gasteiger partial charge is 0.407 e. The number of fused-ring (bicyclic) bond motifs is 1. The number of aryl methyl sites for hydroxylation is 2. The summed E-state index contributed by atoms with van der Waals surface area (Å²) in [4.78, 5) is 24.8. The number of alkyl carbamates (subject to hydrolysis) is 1. The minimum atomic E-state index is -3.88. The summed E-state index contributed by atoms with van der Waals surface area (Å²) in [6.45, 7) is 12.0. The number of nitrogens with zero attached hydrogens (tertiary/aromatic N) is 1. The molecule has 260 valence electrons. The molecule has 3 aromatic rings. The van der Waals surface area contributed by atoms with Crippen LogP contribution >= 0.6 is 0 Å². The van der Waals surface area contributed by atoms with Crippen molar-refractivity contribution in [2.45, 2.75) is 90.2 Å². The molecule has 4 rings (SSSR count). The average molecular weight is 685 g/mol. The van der Waals surface area contributed by atoms with E-state index in [0.29, 0.717) is 37.9 Å². The van der Waals surface area contributed by atoms with Crippen LogP contribution < -0.4 is 5.32 Å². The molecule has 1 amide bonds. The van der Waals surface area contributed by atoms with Gasteiger partial charge in [0.25, 0.3) is 0 Å². The van der Waals surface area contributed by atoms with Gasteiger partial charge in [0.2, 0.25) is 10.0 Å². The molecule has 1 aliphatic rings. The molecule has 3 aromatic carbocycles. The Balaban J connectivity index is 1.56. The van der Waals surface area contributed by atoms with Crippen molar-refractivity contribution in [3.63, 3.8) is 0 Å². The SMILES string of the molecule is CCOC(=O)CC(c1ccc(C)c(CN2CC(C)Cc3cc(CCCNC(=O)OC(C)(C)C)ccc3S2(=O)=O)c1)c1ccc(F)cc1F. The van der Waals surface area contributed by atoms with Gasteiger partial charge in [-0.15, -0.1) is 0 Å². The zero-order chi connectivity index (χ0) is 35.2. The van der Waals surface area contributed by atoms with Gasteiger partial charge in [-0.2, -0.15) is 4.31 Å². The van der Waals surface area contributed by atoms with E-state index in [4.69, 9.17) is 9.47 Å². The second-order valence-corrected chi connectivity index (χ2v) is 15.4. The zero-order valence-corrected chi connectivity index (χ0v) is 29.4. The van der Waals surface area contributed by atoms with Crippen LogP contribution in [0.2, 0.25) is 0 Å². The third kappa shape index (κ3) is 9.63. The molecule has 0 saturated carbocycles. The van der Waals surface area contributed by atoms with E-state index in [9.17, 15) is 22.4 Å². The molecule has 0 saturated heterocycles. The Morgan fingerprint density at radius 3 is 2.50 bits per heavy atom. The molecule has 48 heavy (non-hydrogen) atoms. The van der Waals surface area contributed by atoms with Crippen LogP contribution in [0, 0.1) is 24.5 Å². The van der Waals surface area contributed by atoms with Gasteiger partial charge in [-0.25, -0.2) is 22.0 Å². The minimum absolute atomic E-state index is 0.0264. The summed E-state index contributed by atoms with van der Waals surface area (Å²) in [7, 11) is -3.88. The number of hydrogen-bond acceptors (Lipinski definition) is 6. The lowest BCUT2D eigenvalue weighted by Crippen LogP contribution is -2.33. The summed E-state index contributed by atoms with van der Waals surface area (Å²) in [6.07, 6.45) is 1.28. The molecule has 0 radical (unpaired) electrons. The molecule has 0 spiro atoms. The molecule has 1 N–H and O–H groups in total. The van der Waals surface area contributed by atoms with Gasteiger partial charge in [-0.1, -0.05) is 43.3 Å². The van der Waals surface area contributed by atoms with E-state index in [1.165, 1.54) is 10.4 Å². The van der Waals surface area contributed by atoms with Crippen molar-refractivity contribution in [2.75, 3.05) is 19.7 Å². The topological polar surface area (TPSA) is 102 Å². The third-order valence-corrected chi connectivity index (χ3v) is 10.2. The predicted molar refractivity (Wildman–Crippen MR) is 180 cm³/mol. The number of hydrogen-bond donors (Lipinski definition) is 1. The second-order valence-electron chi connectivity index (χ2n) is 13.5. The molecular formula is C37H46F2N2O6S. The second kappa shape index (κ2) is 15.6. The Morgan fingerprint density at radius 1 is 1.06 bits per heavy atom. The first-order valence-corrected chi connectivity index (χ1v) is 17.8. The number of sulfonamides is 1. The quantitative estimate of drug-likeness (QED) is 0.169. The van der Waals surface area contributed by atoms with Crippen molar-refractivity contribution in [3.05, 3.63) is 99.6 Å². The van der Waals surface area contributed by atoms with Gasteiger partial charge in [0.05, 0.1) is 17.9 Å². The Labute approximate surface area is 282 Å². The fraction of sp³-hybridized carbons (Fsp3) is 0.459. The van der Waals surface area contributed by atoms with E-state index < -0.39 is 45.2 Å². The van der Waals surface area contributed by atoms with Crippen LogP contribution in [0.5, 0.6) is 0 Å². The van der Waals surface area contributed by atoms with Crippen molar-refractivity contribution in [2.24, 2.45) is 5.92 Å². The van der Waals surface area contributed by atoms with E-state index >= 15 is 4.39 Å². The van der Waals surface area contributed by atoms with Crippen LogP contribution in [0.15, 0.2) is 59.5 Å². The van der Waals surface area contributed by atoms with Crippen LogP contribution in [0.25, 0.3) is 0 Å². The number of amides is 1. The zero-order valence-electron chi connectivity index (χ0n) is 28.6. The maximum Gasteiger partial charge on any atom is 0.407 e. The summed E-state index contributed by atoms with van der Waals surface area (Å²) in [5, 5.41) is 2.75. The summed E-state index contributed by atoms with van der Waals surface area (Å²) in [6, 6.07) is 14.1. The van der Waals surface area contributed by atoms with E-state index in [1.807, 2.05) is 38.1 Å². The summed E-state index contributed by atoms with van der Waals surface area (Å²) >= 11 is 0. The molecule has 0 aliphatic carbocycles. The number of carbonyl (C=O) groups is 2. The first-order chi connectivity index (χ1) is 22.6. The van der Waals surface area contributed by atoms with Gasteiger partial charge in [-0.05, 0) is 105 Å². The highest BCUT2D eigenvalue weighted by Gasteiger charge is 2.33. The molecule has 11 heteroatoms. The summed E-state index contributed by atoms with van der Waals surface area (Å²) in [5.41, 5.74) is 3.48. The Kier molecular flexibility index (Phi) is 12.0. The van der Waals surface area contributed by atoms with Crippen LogP contribution in [-0.2, 0) is 43.7 Å². The third-order valence-electron chi connectivity index (χ3n) is 8.27. The molecule has 8 nitrogen and oxygen atoms in total. The largest absolute Gasteiger partial charge is 0.466 e. The number of rotatable bonds is 11. The average Bonchev–Trinajstić information content (AvgIpc) is 3.07. The van der Waals surface area contributed by atoms with Crippen LogP contribution in [-0.4, -0.2) is 50.1 Å². The lowest BCUT2D eigenvalue weighted by atomic mass is 9.86. The fourth-order valence-corrected chi connectivity index (χ4v) is 7.77. The van der Waals surface area contributed by atoms with Gasteiger partial charge in [0.1, 0.15) is 17.2 Å². The van der Waals surface area contributed by atoms with Crippen molar-refractivity contribution < 1.29 is 36.3 Å². The number of benzene rings is 3. The van der Waals surface area contributed by atoms with Gasteiger partial charge in [-0.3, -0.25) is 4.79 Å². The Hall–Kier alpha value is -3.83. The van der Waals surface area contributed by atoms with Crippen molar-refractivity contribution >= 4 is 22.1 Å². The number of carbonyl (C=O) groups excluding carboxylic acids is 2. The molecule has 0 aromatic heterocycles. The van der Waals surface area contributed by atoms with Crippen molar-refractivity contribution in [3.8, 4) is 0 Å². The molecule has 0 bridgehead atoms. The van der Waals surface area contributed by atoms with E-state index in [2.05, 4.69) is 5.32 Å². The molecular weight excluding hydrogens is 638 g/mol. The van der Waals surface area contributed by atoms with Crippen LogP contribution in [0.1, 0.15) is 86.8 Å². The Bertz CT molecular complexity index is 1740. The lowest BCUT2D eigenvalue weighted by molar-refractivity contribution is -0.143. The van der Waals surface area contributed by atoms with Gasteiger partial charge >= 0.3 is 12.1 Å². The highest BCUT2D eigenvalue weighted by Crippen LogP contribution is 2.34. The van der Waals surface area contributed by atoms with E-state index in [1.54, 1.807) is 39.8 Å². The molecule has 2 atom stereocenters. The first kappa shape index (κ1) is 37.0. The molecule has 0 fully saturated rings. The maximum atomic E-state index is 15.0. The van der Waals surface area contributed by atoms with E-state index in [0.717, 1.165) is 34.4 Å².